The molecule has 0 saturated heterocycles. The second-order valence-corrected chi connectivity index (χ2v) is 6.59. The van der Waals surface area contributed by atoms with Crippen molar-refractivity contribution in [3.8, 4) is 11.5 Å². The molecule has 0 saturated carbocycles. The van der Waals surface area contributed by atoms with E-state index in [1.165, 1.54) is 0 Å². The Morgan fingerprint density at radius 2 is 2.04 bits per heavy atom. The minimum absolute atomic E-state index is 0.0158. The Morgan fingerprint density at radius 3 is 2.67 bits per heavy atom. The van der Waals surface area contributed by atoms with Crippen LogP contribution in [0.2, 0.25) is 0 Å². The van der Waals surface area contributed by atoms with Crippen LogP contribution in [0.25, 0.3) is 0 Å². The fourth-order valence-electron chi connectivity index (χ4n) is 3.02. The highest BCUT2D eigenvalue weighted by atomic mass is 16.5. The molecule has 1 N–H and O–H groups in total. The average Bonchev–Trinajstić information content (AvgIpc) is 2.88. The molecule has 27 heavy (non-hydrogen) atoms. The fraction of sp³-hybridized carbons (Fsp3) is 0.286. The van der Waals surface area contributed by atoms with Crippen LogP contribution in [0.4, 0.5) is 5.69 Å². The van der Waals surface area contributed by atoms with E-state index in [1.807, 2.05) is 62.8 Å². The van der Waals surface area contributed by atoms with Crippen molar-refractivity contribution in [2.45, 2.75) is 33.6 Å². The Kier molecular flexibility index (Phi) is 5.54. The number of aromatic nitrogens is 3. The molecule has 0 aliphatic carbocycles. The molecule has 0 spiro atoms. The monoisotopic (exact) mass is 364 g/mol. The number of carbonyl (C=O) groups is 1. The largest absolute Gasteiger partial charge is 0.455 e. The van der Waals surface area contributed by atoms with E-state index in [9.17, 15) is 4.79 Å². The van der Waals surface area contributed by atoms with Crippen molar-refractivity contribution in [3.05, 3.63) is 65.2 Å². The Labute approximate surface area is 159 Å². The minimum Gasteiger partial charge on any atom is -0.455 e. The number of hydrogen-bond acceptors (Lipinski definition) is 4. The van der Waals surface area contributed by atoms with Gasteiger partial charge in [0.2, 0.25) is 5.91 Å². The molecule has 3 rings (SSSR count). The topological polar surface area (TPSA) is 69.0 Å². The van der Waals surface area contributed by atoms with Gasteiger partial charge in [0.25, 0.3) is 0 Å². The molecule has 0 aliphatic heterocycles. The van der Waals surface area contributed by atoms with Crippen molar-refractivity contribution in [1.82, 2.24) is 14.8 Å². The third-order valence-electron chi connectivity index (χ3n) is 4.58. The van der Waals surface area contributed by atoms with Gasteiger partial charge in [-0.05, 0) is 68.7 Å². The van der Waals surface area contributed by atoms with Crippen LogP contribution in [0.3, 0.4) is 0 Å². The van der Waals surface area contributed by atoms with Gasteiger partial charge in [-0.25, -0.2) is 0 Å². The summed E-state index contributed by atoms with van der Waals surface area (Å²) in [4.78, 5) is 16.4. The van der Waals surface area contributed by atoms with Crippen LogP contribution >= 0.6 is 0 Å². The summed E-state index contributed by atoms with van der Waals surface area (Å²) >= 11 is 0. The van der Waals surface area contributed by atoms with Crippen molar-refractivity contribution >= 4 is 11.6 Å². The Morgan fingerprint density at radius 1 is 1.22 bits per heavy atom. The lowest BCUT2D eigenvalue weighted by Gasteiger charge is -2.11. The SMILES string of the molecule is Cc1cc(NC(=O)CCc2c(C)nn(C)c2C)ccc1Oc1cccnc1. The summed E-state index contributed by atoms with van der Waals surface area (Å²) in [5, 5.41) is 7.35. The number of ether oxygens (including phenoxy) is 1. The third kappa shape index (κ3) is 4.53. The lowest BCUT2D eigenvalue weighted by Crippen LogP contribution is -2.13. The third-order valence-corrected chi connectivity index (χ3v) is 4.58. The number of hydrogen-bond donors (Lipinski definition) is 1. The number of rotatable bonds is 6. The number of nitrogens with one attached hydrogen (secondary N) is 1. The molecule has 1 aromatic carbocycles. The fourth-order valence-corrected chi connectivity index (χ4v) is 3.02. The molecule has 0 unspecified atom stereocenters. The second-order valence-electron chi connectivity index (χ2n) is 6.59. The summed E-state index contributed by atoms with van der Waals surface area (Å²) in [6, 6.07) is 9.28. The van der Waals surface area contributed by atoms with E-state index in [0.717, 1.165) is 34.0 Å². The highest BCUT2D eigenvalue weighted by molar-refractivity contribution is 5.91. The average molecular weight is 364 g/mol. The second kappa shape index (κ2) is 8.03. The van der Waals surface area contributed by atoms with Gasteiger partial charge < -0.3 is 10.1 Å². The standard InChI is InChI=1S/C21H24N4O2/c1-14-12-17(7-9-20(14)27-18-6-5-11-22-13-18)23-21(26)10-8-19-15(2)24-25(4)16(19)3/h5-7,9,11-13H,8,10H2,1-4H3,(H,23,26). The van der Waals surface area contributed by atoms with E-state index in [2.05, 4.69) is 15.4 Å². The molecule has 2 aromatic heterocycles. The molecule has 1 amide bonds. The maximum atomic E-state index is 12.3. The molecule has 0 aliphatic rings. The van der Waals surface area contributed by atoms with E-state index < -0.39 is 0 Å². The van der Waals surface area contributed by atoms with Gasteiger partial charge in [0.1, 0.15) is 11.5 Å². The van der Waals surface area contributed by atoms with Gasteiger partial charge in [0, 0.05) is 31.0 Å². The van der Waals surface area contributed by atoms with Gasteiger partial charge >= 0.3 is 0 Å². The molecule has 0 fully saturated rings. The summed E-state index contributed by atoms with van der Waals surface area (Å²) in [7, 11) is 1.92. The van der Waals surface area contributed by atoms with Crippen molar-refractivity contribution in [1.29, 1.82) is 0 Å². The van der Waals surface area contributed by atoms with Crippen LogP contribution in [0.1, 0.15) is 28.9 Å². The van der Waals surface area contributed by atoms with E-state index in [1.54, 1.807) is 12.4 Å². The first kappa shape index (κ1) is 18.6. The zero-order valence-corrected chi connectivity index (χ0v) is 16.1. The molecular weight excluding hydrogens is 340 g/mol. The van der Waals surface area contributed by atoms with Gasteiger partial charge in [0.15, 0.2) is 0 Å². The maximum absolute atomic E-state index is 12.3. The lowest BCUT2D eigenvalue weighted by atomic mass is 10.1. The molecule has 6 nitrogen and oxygen atoms in total. The van der Waals surface area contributed by atoms with Gasteiger partial charge in [0.05, 0.1) is 11.9 Å². The quantitative estimate of drug-likeness (QED) is 0.715. The Hall–Kier alpha value is -3.15. The van der Waals surface area contributed by atoms with Gasteiger partial charge in [-0.1, -0.05) is 0 Å². The summed E-state index contributed by atoms with van der Waals surface area (Å²) in [5.74, 6) is 1.40. The zero-order valence-electron chi connectivity index (χ0n) is 16.1. The molecule has 2 heterocycles. The van der Waals surface area contributed by atoms with Gasteiger partial charge in [-0.15, -0.1) is 0 Å². The highest BCUT2D eigenvalue weighted by Gasteiger charge is 2.12. The Balaban J connectivity index is 1.60. The number of anilines is 1. The molecule has 140 valence electrons. The number of benzene rings is 1. The number of carbonyl (C=O) groups excluding carboxylic acids is 1. The molecule has 0 atom stereocenters. The van der Waals surface area contributed by atoms with Crippen LogP contribution in [-0.2, 0) is 18.3 Å². The molecule has 0 radical (unpaired) electrons. The van der Waals surface area contributed by atoms with Crippen LogP contribution in [0.5, 0.6) is 11.5 Å². The maximum Gasteiger partial charge on any atom is 0.224 e. The lowest BCUT2D eigenvalue weighted by molar-refractivity contribution is -0.116. The first-order chi connectivity index (χ1) is 12.9. The van der Waals surface area contributed by atoms with Gasteiger partial charge in [-0.3, -0.25) is 14.5 Å². The van der Waals surface area contributed by atoms with E-state index in [0.29, 0.717) is 18.6 Å². The minimum atomic E-state index is -0.0158. The smallest absolute Gasteiger partial charge is 0.224 e. The summed E-state index contributed by atoms with van der Waals surface area (Å²) < 4.78 is 7.67. The van der Waals surface area contributed by atoms with Gasteiger partial charge in [-0.2, -0.15) is 5.10 Å². The van der Waals surface area contributed by atoms with Crippen molar-refractivity contribution in [3.63, 3.8) is 0 Å². The summed E-state index contributed by atoms with van der Waals surface area (Å²) in [6.45, 7) is 5.95. The van der Waals surface area contributed by atoms with Crippen molar-refractivity contribution in [2.75, 3.05) is 5.32 Å². The predicted octanol–water partition coefficient (Wildman–Crippen LogP) is 4.10. The zero-order chi connectivity index (χ0) is 19.4. The number of aryl methyl sites for hydroxylation is 3. The molecule has 6 heteroatoms. The van der Waals surface area contributed by atoms with Crippen LogP contribution < -0.4 is 10.1 Å². The van der Waals surface area contributed by atoms with E-state index in [4.69, 9.17) is 4.74 Å². The molecule has 0 bridgehead atoms. The normalized spacial score (nSPS) is 10.7. The number of nitrogens with zero attached hydrogens (tertiary/aromatic N) is 3. The van der Waals surface area contributed by atoms with E-state index in [-0.39, 0.29) is 5.91 Å². The predicted molar refractivity (Wildman–Crippen MR) is 105 cm³/mol. The summed E-state index contributed by atoms with van der Waals surface area (Å²) in [5.41, 5.74) is 4.93. The van der Waals surface area contributed by atoms with Crippen LogP contribution in [0, 0.1) is 20.8 Å². The highest BCUT2D eigenvalue weighted by Crippen LogP contribution is 2.27. The first-order valence-corrected chi connectivity index (χ1v) is 8.91. The van der Waals surface area contributed by atoms with Crippen LogP contribution in [0.15, 0.2) is 42.7 Å². The van der Waals surface area contributed by atoms with E-state index >= 15 is 0 Å². The number of amides is 1. The first-order valence-electron chi connectivity index (χ1n) is 8.91. The van der Waals surface area contributed by atoms with Crippen LogP contribution in [-0.4, -0.2) is 20.7 Å². The molecular formula is C21H24N4O2. The van der Waals surface area contributed by atoms with Crippen molar-refractivity contribution in [2.24, 2.45) is 7.05 Å². The van der Waals surface area contributed by atoms with Crippen molar-refractivity contribution < 1.29 is 9.53 Å². The summed E-state index contributed by atoms with van der Waals surface area (Å²) in [6.07, 6.45) is 4.46. The Bertz CT molecular complexity index is 948. The number of pyridine rings is 1. The molecule has 3 aromatic rings.